The molecular weight excluding hydrogens is 366 g/mol. The lowest BCUT2D eigenvalue weighted by atomic mass is 9.84. The summed E-state index contributed by atoms with van der Waals surface area (Å²) in [6.45, 7) is 6.42. The number of hydrogen-bond donors (Lipinski definition) is 2. The Morgan fingerprint density at radius 2 is 1.59 bits per heavy atom. The average molecular weight is 402 g/mol. The molecule has 160 valence electrons. The average Bonchev–Trinajstić information content (AvgIpc) is 2.73. The van der Waals surface area contributed by atoms with Crippen LogP contribution in [-0.2, 0) is 6.42 Å². The third kappa shape index (κ3) is 6.57. The molecule has 5 nitrogen and oxygen atoms in total. The number of nitrogens with one attached hydrogen (secondary N) is 1. The second-order valence-corrected chi connectivity index (χ2v) is 7.61. The lowest BCUT2D eigenvalue weighted by Crippen LogP contribution is -2.19. The molecule has 29 heavy (non-hydrogen) atoms. The van der Waals surface area contributed by atoms with Crippen LogP contribution < -0.4 is 19.5 Å². The second kappa shape index (κ2) is 11.6. The Bertz CT molecular complexity index is 761. The summed E-state index contributed by atoms with van der Waals surface area (Å²) < 4.78 is 16.0. The molecule has 1 atom stereocenters. The van der Waals surface area contributed by atoms with Crippen molar-refractivity contribution >= 4 is 0 Å². The van der Waals surface area contributed by atoms with E-state index in [0.29, 0.717) is 17.6 Å². The second-order valence-electron chi connectivity index (χ2n) is 7.61. The highest BCUT2D eigenvalue weighted by Gasteiger charge is 2.17. The van der Waals surface area contributed by atoms with Crippen molar-refractivity contribution in [2.75, 3.05) is 34.4 Å². The van der Waals surface area contributed by atoms with Gasteiger partial charge < -0.3 is 24.6 Å². The number of phenols is 1. The van der Waals surface area contributed by atoms with Gasteiger partial charge in [0.1, 0.15) is 0 Å². The van der Waals surface area contributed by atoms with Crippen LogP contribution in [0.4, 0.5) is 0 Å². The van der Waals surface area contributed by atoms with Crippen LogP contribution >= 0.6 is 0 Å². The maximum atomic E-state index is 9.67. The number of hydrogen-bond acceptors (Lipinski definition) is 5. The molecule has 0 heterocycles. The molecule has 0 aliphatic heterocycles. The monoisotopic (exact) mass is 401 g/mol. The van der Waals surface area contributed by atoms with Crippen LogP contribution in [0.2, 0.25) is 0 Å². The van der Waals surface area contributed by atoms with Gasteiger partial charge >= 0.3 is 0 Å². The minimum atomic E-state index is 0.180. The molecule has 0 aliphatic carbocycles. The number of benzene rings is 2. The summed E-state index contributed by atoms with van der Waals surface area (Å²) in [6.07, 6.45) is 3.13. The van der Waals surface area contributed by atoms with Gasteiger partial charge in [-0.1, -0.05) is 26.0 Å². The summed E-state index contributed by atoms with van der Waals surface area (Å²) in [5.41, 5.74) is 2.45. The molecule has 2 aromatic rings. The molecular formula is C24H35NO4. The van der Waals surface area contributed by atoms with E-state index in [2.05, 4.69) is 31.3 Å². The van der Waals surface area contributed by atoms with E-state index in [1.807, 2.05) is 18.2 Å². The van der Waals surface area contributed by atoms with Crippen molar-refractivity contribution in [3.05, 3.63) is 47.5 Å². The summed E-state index contributed by atoms with van der Waals surface area (Å²) >= 11 is 0. The van der Waals surface area contributed by atoms with Gasteiger partial charge in [0.05, 0.1) is 21.3 Å². The van der Waals surface area contributed by atoms with E-state index >= 15 is 0 Å². The molecule has 0 saturated carbocycles. The minimum absolute atomic E-state index is 0.180. The van der Waals surface area contributed by atoms with Crippen LogP contribution in [0, 0.1) is 5.92 Å². The van der Waals surface area contributed by atoms with E-state index in [1.165, 1.54) is 5.56 Å². The zero-order chi connectivity index (χ0) is 21.2. The van der Waals surface area contributed by atoms with Crippen molar-refractivity contribution in [1.82, 2.24) is 5.32 Å². The maximum absolute atomic E-state index is 9.67. The van der Waals surface area contributed by atoms with Crippen molar-refractivity contribution in [2.24, 2.45) is 5.92 Å². The number of methoxy groups -OCH3 is 3. The first kappa shape index (κ1) is 22.9. The van der Waals surface area contributed by atoms with E-state index in [1.54, 1.807) is 27.4 Å². The van der Waals surface area contributed by atoms with E-state index in [0.717, 1.165) is 49.4 Å². The van der Waals surface area contributed by atoms with Gasteiger partial charge in [-0.2, -0.15) is 0 Å². The predicted molar refractivity (Wildman–Crippen MR) is 118 cm³/mol. The van der Waals surface area contributed by atoms with Gasteiger partial charge in [0.2, 0.25) is 0 Å². The van der Waals surface area contributed by atoms with Crippen molar-refractivity contribution in [3.8, 4) is 23.0 Å². The molecule has 2 N–H and O–H groups in total. The molecule has 0 radical (unpaired) electrons. The van der Waals surface area contributed by atoms with Crippen molar-refractivity contribution in [1.29, 1.82) is 0 Å². The highest BCUT2D eigenvalue weighted by atomic mass is 16.5. The fraction of sp³-hybridized carbons (Fsp3) is 0.500. The Hall–Kier alpha value is -2.40. The zero-order valence-corrected chi connectivity index (χ0v) is 18.3. The summed E-state index contributed by atoms with van der Waals surface area (Å²) in [5.74, 6) is 3.30. The van der Waals surface area contributed by atoms with Crippen LogP contribution in [0.3, 0.4) is 0 Å². The molecule has 0 spiro atoms. The molecule has 0 aliphatic rings. The number of ether oxygens (including phenoxy) is 3. The normalized spacial score (nSPS) is 12.1. The molecule has 0 bridgehead atoms. The number of phenolic OH excluding ortho intramolecular Hbond substituents is 1. The first-order valence-corrected chi connectivity index (χ1v) is 10.3. The van der Waals surface area contributed by atoms with Crippen molar-refractivity contribution in [3.63, 3.8) is 0 Å². The summed E-state index contributed by atoms with van der Waals surface area (Å²) in [4.78, 5) is 0. The van der Waals surface area contributed by atoms with Gasteiger partial charge in [-0.25, -0.2) is 0 Å². The summed E-state index contributed by atoms with van der Waals surface area (Å²) in [7, 11) is 4.91. The van der Waals surface area contributed by atoms with Crippen molar-refractivity contribution < 1.29 is 19.3 Å². The van der Waals surface area contributed by atoms with E-state index in [9.17, 15) is 5.11 Å². The Morgan fingerprint density at radius 1 is 0.862 bits per heavy atom. The maximum Gasteiger partial charge on any atom is 0.160 e. The summed E-state index contributed by atoms with van der Waals surface area (Å²) in [5, 5.41) is 13.2. The third-order valence-corrected chi connectivity index (χ3v) is 5.34. The molecule has 0 fully saturated rings. The smallest absolute Gasteiger partial charge is 0.160 e. The first-order valence-electron chi connectivity index (χ1n) is 10.3. The first-order chi connectivity index (χ1) is 14.0. The lowest BCUT2D eigenvalue weighted by molar-refractivity contribution is 0.353. The van der Waals surface area contributed by atoms with Crippen molar-refractivity contribution in [2.45, 2.75) is 39.0 Å². The number of rotatable bonds is 12. The Balaban J connectivity index is 1.81. The van der Waals surface area contributed by atoms with Crippen LogP contribution in [0.25, 0.3) is 0 Å². The van der Waals surface area contributed by atoms with E-state index in [-0.39, 0.29) is 5.75 Å². The fourth-order valence-corrected chi connectivity index (χ4v) is 3.65. The standard InChI is InChI=1S/C24H35NO4/c1-17(2)20(19-9-11-22(27-3)24(16-19)29-5)7-6-13-25-14-12-18-8-10-21(26)23(15-18)28-4/h8-11,15-17,20,25-26H,6-7,12-14H2,1-5H3. The Labute approximate surface area is 175 Å². The van der Waals surface area contributed by atoms with Crippen LogP contribution in [0.15, 0.2) is 36.4 Å². The molecule has 5 heteroatoms. The summed E-state index contributed by atoms with van der Waals surface area (Å²) in [6, 6.07) is 11.8. The highest BCUT2D eigenvalue weighted by Crippen LogP contribution is 2.35. The van der Waals surface area contributed by atoms with Crippen LogP contribution in [-0.4, -0.2) is 39.5 Å². The van der Waals surface area contributed by atoms with Gasteiger partial charge in [0.25, 0.3) is 0 Å². The lowest BCUT2D eigenvalue weighted by Gasteiger charge is -2.22. The zero-order valence-electron chi connectivity index (χ0n) is 18.3. The quantitative estimate of drug-likeness (QED) is 0.502. The predicted octanol–water partition coefficient (Wildman–Crippen LogP) is 4.77. The van der Waals surface area contributed by atoms with Gasteiger partial charge in [-0.05, 0) is 79.6 Å². The fourth-order valence-electron chi connectivity index (χ4n) is 3.65. The SMILES string of the molecule is COc1cc(CCNCCCC(c2ccc(OC)c(OC)c2)C(C)C)ccc1O. The van der Waals surface area contributed by atoms with E-state index in [4.69, 9.17) is 14.2 Å². The Morgan fingerprint density at radius 3 is 2.24 bits per heavy atom. The number of aromatic hydroxyl groups is 1. The molecule has 2 rings (SSSR count). The van der Waals surface area contributed by atoms with Crippen LogP contribution in [0.1, 0.15) is 43.7 Å². The molecule has 2 aromatic carbocycles. The molecule has 0 aromatic heterocycles. The van der Waals surface area contributed by atoms with Gasteiger partial charge in [0, 0.05) is 0 Å². The third-order valence-electron chi connectivity index (χ3n) is 5.34. The van der Waals surface area contributed by atoms with Gasteiger partial charge in [-0.3, -0.25) is 0 Å². The largest absolute Gasteiger partial charge is 0.504 e. The molecule has 0 amide bonds. The molecule has 0 saturated heterocycles. The molecule has 1 unspecified atom stereocenters. The van der Waals surface area contributed by atoms with Gasteiger partial charge in [0.15, 0.2) is 23.0 Å². The minimum Gasteiger partial charge on any atom is -0.504 e. The topological polar surface area (TPSA) is 60.0 Å². The van der Waals surface area contributed by atoms with Gasteiger partial charge in [-0.15, -0.1) is 0 Å². The Kier molecular flexibility index (Phi) is 9.13. The van der Waals surface area contributed by atoms with E-state index < -0.39 is 0 Å². The van der Waals surface area contributed by atoms with Crippen LogP contribution in [0.5, 0.6) is 23.0 Å². The highest BCUT2D eigenvalue weighted by molar-refractivity contribution is 5.44.